The smallest absolute Gasteiger partial charge is 0.326 e. The average Bonchev–Trinajstić information content (AvgIpc) is 2.80. The quantitative estimate of drug-likeness (QED) is 0.510. The van der Waals surface area contributed by atoms with Crippen LogP contribution in [0.4, 0.5) is 5.69 Å². The van der Waals surface area contributed by atoms with Crippen molar-refractivity contribution in [2.45, 2.75) is 24.7 Å². The summed E-state index contributed by atoms with van der Waals surface area (Å²) in [6.45, 7) is 0. The van der Waals surface area contributed by atoms with E-state index < -0.39 is 11.4 Å². The van der Waals surface area contributed by atoms with Gasteiger partial charge in [-0.05, 0) is 25.3 Å². The third-order valence-corrected chi connectivity index (χ3v) is 4.28. The average molecular weight is 271 g/mol. The Hall–Kier alpha value is -2.10. The van der Waals surface area contributed by atoms with Crippen LogP contribution in [0.15, 0.2) is 36.4 Å². The maximum atomic E-state index is 12.6. The van der Waals surface area contributed by atoms with Crippen molar-refractivity contribution in [3.63, 3.8) is 0 Å². The number of allylic oxidation sites excluding steroid dienone is 2. The van der Waals surface area contributed by atoms with Crippen LogP contribution in [0.5, 0.6) is 0 Å². The van der Waals surface area contributed by atoms with Gasteiger partial charge in [-0.25, -0.2) is 0 Å². The number of para-hydroxylation sites is 1. The first-order valence-corrected chi connectivity index (χ1v) is 6.87. The van der Waals surface area contributed by atoms with Crippen LogP contribution in [0.25, 0.3) is 0 Å². The number of methoxy groups -OCH3 is 1. The Bertz CT molecular complexity index is 583. The monoisotopic (exact) mass is 271 g/mol. The van der Waals surface area contributed by atoms with Crippen LogP contribution in [0.2, 0.25) is 0 Å². The maximum Gasteiger partial charge on any atom is 0.326 e. The minimum Gasteiger partial charge on any atom is -0.468 e. The fourth-order valence-corrected chi connectivity index (χ4v) is 3.34. The van der Waals surface area contributed by atoms with Crippen LogP contribution in [0, 0.1) is 5.92 Å². The van der Waals surface area contributed by atoms with Crippen LogP contribution in [-0.2, 0) is 19.7 Å². The number of hydrogen-bond acceptors (Lipinski definition) is 3. The topological polar surface area (TPSA) is 55.4 Å². The highest BCUT2D eigenvalue weighted by atomic mass is 16.5. The summed E-state index contributed by atoms with van der Waals surface area (Å²) >= 11 is 0. The number of anilines is 1. The lowest BCUT2D eigenvalue weighted by molar-refractivity contribution is -0.153. The third kappa shape index (κ3) is 1.60. The van der Waals surface area contributed by atoms with Crippen LogP contribution in [-0.4, -0.2) is 19.0 Å². The number of hydrogen-bond donors (Lipinski definition) is 1. The highest BCUT2D eigenvalue weighted by molar-refractivity contribution is 6.19. The second kappa shape index (κ2) is 4.78. The summed E-state index contributed by atoms with van der Waals surface area (Å²) in [5.74, 6) is -0.897. The molecule has 3 rings (SSSR count). The van der Waals surface area contributed by atoms with Gasteiger partial charge in [-0.2, -0.15) is 0 Å². The zero-order valence-corrected chi connectivity index (χ0v) is 11.4. The molecule has 0 bridgehead atoms. The molecule has 2 aliphatic rings. The van der Waals surface area contributed by atoms with E-state index in [1.165, 1.54) is 7.11 Å². The Morgan fingerprint density at radius 1 is 1.40 bits per heavy atom. The Labute approximate surface area is 117 Å². The van der Waals surface area contributed by atoms with Gasteiger partial charge in [0.25, 0.3) is 0 Å². The molecular weight excluding hydrogens is 254 g/mol. The molecule has 1 N–H and O–H groups in total. The first kappa shape index (κ1) is 12.9. The van der Waals surface area contributed by atoms with Crippen molar-refractivity contribution in [1.82, 2.24) is 0 Å². The van der Waals surface area contributed by atoms with E-state index in [1.807, 2.05) is 36.4 Å². The van der Waals surface area contributed by atoms with E-state index in [9.17, 15) is 9.59 Å². The van der Waals surface area contributed by atoms with Crippen LogP contribution in [0.3, 0.4) is 0 Å². The summed E-state index contributed by atoms with van der Waals surface area (Å²) < 4.78 is 4.98. The van der Waals surface area contributed by atoms with Gasteiger partial charge in [-0.3, -0.25) is 9.59 Å². The molecule has 1 aliphatic heterocycles. The summed E-state index contributed by atoms with van der Waals surface area (Å²) in [6, 6.07) is 7.36. The van der Waals surface area contributed by atoms with Crippen molar-refractivity contribution in [1.29, 1.82) is 0 Å². The van der Waals surface area contributed by atoms with E-state index in [-0.39, 0.29) is 11.8 Å². The first-order chi connectivity index (χ1) is 9.71. The van der Waals surface area contributed by atoms with Crippen LogP contribution < -0.4 is 5.32 Å². The molecule has 0 spiro atoms. The maximum absolute atomic E-state index is 12.6. The first-order valence-electron chi connectivity index (χ1n) is 6.87. The standard InChI is InChI=1S/C16H17NO3/c1-20-15(19)16(11-7-3-2-4-8-11)12-9-5-6-10-13(12)17-14(16)18/h3,5-7,9-11H,2,4,8H2,1H3,(H,17,18). The van der Waals surface area contributed by atoms with Crippen molar-refractivity contribution in [3.8, 4) is 0 Å². The fourth-order valence-electron chi connectivity index (χ4n) is 3.34. The van der Waals surface area contributed by atoms with Crippen molar-refractivity contribution < 1.29 is 14.3 Å². The largest absolute Gasteiger partial charge is 0.468 e. The molecule has 0 fully saturated rings. The lowest BCUT2D eigenvalue weighted by Crippen LogP contribution is -2.49. The SMILES string of the molecule is COC(=O)C1(C2C=CCCC2)C(=O)Nc2ccccc21. The zero-order chi connectivity index (χ0) is 14.2. The molecular formula is C16H17NO3. The third-order valence-electron chi connectivity index (χ3n) is 4.28. The van der Waals surface area contributed by atoms with E-state index >= 15 is 0 Å². The highest BCUT2D eigenvalue weighted by Crippen LogP contribution is 2.47. The fraction of sp³-hybridized carbons (Fsp3) is 0.375. The number of nitrogens with one attached hydrogen (secondary N) is 1. The van der Waals surface area contributed by atoms with E-state index in [1.54, 1.807) is 0 Å². The molecule has 1 aromatic rings. The van der Waals surface area contributed by atoms with E-state index in [4.69, 9.17) is 4.74 Å². The van der Waals surface area contributed by atoms with E-state index in [2.05, 4.69) is 5.32 Å². The molecule has 0 aromatic heterocycles. The minimum atomic E-state index is -1.23. The van der Waals surface area contributed by atoms with Gasteiger partial charge in [-0.1, -0.05) is 30.4 Å². The van der Waals surface area contributed by atoms with Gasteiger partial charge in [-0.15, -0.1) is 0 Å². The van der Waals surface area contributed by atoms with Gasteiger partial charge in [0.2, 0.25) is 5.91 Å². The summed E-state index contributed by atoms with van der Waals surface area (Å²) in [7, 11) is 1.34. The molecule has 1 aromatic carbocycles. The molecule has 0 radical (unpaired) electrons. The lowest BCUT2D eigenvalue weighted by atomic mass is 9.67. The number of carbonyl (C=O) groups excluding carboxylic acids is 2. The number of esters is 1. The van der Waals surface area contributed by atoms with Crippen molar-refractivity contribution in [2.24, 2.45) is 5.92 Å². The molecule has 0 saturated carbocycles. The molecule has 4 heteroatoms. The Balaban J connectivity index is 2.20. The van der Waals surface area contributed by atoms with Gasteiger partial charge in [0.15, 0.2) is 5.41 Å². The van der Waals surface area contributed by atoms with Gasteiger partial charge in [0, 0.05) is 17.2 Å². The van der Waals surface area contributed by atoms with Gasteiger partial charge in [0.05, 0.1) is 7.11 Å². The normalized spacial score (nSPS) is 27.9. The van der Waals surface area contributed by atoms with Crippen molar-refractivity contribution in [3.05, 3.63) is 42.0 Å². The number of ether oxygens (including phenoxy) is 1. The second-order valence-electron chi connectivity index (χ2n) is 5.26. The molecule has 104 valence electrons. The summed E-state index contributed by atoms with van der Waals surface area (Å²) in [5.41, 5.74) is 0.206. The Kier molecular flexibility index (Phi) is 3.08. The molecule has 2 atom stereocenters. The second-order valence-corrected chi connectivity index (χ2v) is 5.26. The van der Waals surface area contributed by atoms with Crippen molar-refractivity contribution in [2.75, 3.05) is 12.4 Å². The van der Waals surface area contributed by atoms with E-state index in [0.29, 0.717) is 5.69 Å². The number of fused-ring (bicyclic) bond motifs is 1. The van der Waals surface area contributed by atoms with E-state index in [0.717, 1.165) is 24.8 Å². The molecule has 1 heterocycles. The Morgan fingerprint density at radius 3 is 2.90 bits per heavy atom. The number of rotatable bonds is 2. The number of benzene rings is 1. The predicted molar refractivity (Wildman–Crippen MR) is 75.2 cm³/mol. The molecule has 20 heavy (non-hydrogen) atoms. The summed E-state index contributed by atoms with van der Waals surface area (Å²) in [5, 5.41) is 2.83. The summed E-state index contributed by atoms with van der Waals surface area (Å²) in [4.78, 5) is 25.1. The van der Waals surface area contributed by atoms with Gasteiger partial charge < -0.3 is 10.1 Å². The molecule has 2 unspecified atom stereocenters. The molecule has 1 amide bonds. The lowest BCUT2D eigenvalue weighted by Gasteiger charge is -2.33. The number of amides is 1. The van der Waals surface area contributed by atoms with Crippen molar-refractivity contribution >= 4 is 17.6 Å². The van der Waals surface area contributed by atoms with Crippen LogP contribution >= 0.6 is 0 Å². The molecule has 1 aliphatic carbocycles. The molecule has 0 saturated heterocycles. The predicted octanol–water partition coefficient (Wildman–Crippen LogP) is 2.41. The number of carbonyl (C=O) groups is 2. The van der Waals surface area contributed by atoms with Crippen LogP contribution in [0.1, 0.15) is 24.8 Å². The summed E-state index contributed by atoms with van der Waals surface area (Å²) in [6.07, 6.45) is 6.83. The minimum absolute atomic E-state index is 0.146. The zero-order valence-electron chi connectivity index (χ0n) is 11.4. The highest BCUT2D eigenvalue weighted by Gasteiger charge is 2.58. The van der Waals surface area contributed by atoms with Gasteiger partial charge in [0.1, 0.15) is 0 Å². The Morgan fingerprint density at radius 2 is 2.20 bits per heavy atom. The molecule has 4 nitrogen and oxygen atoms in total. The van der Waals surface area contributed by atoms with Gasteiger partial charge >= 0.3 is 5.97 Å².